The van der Waals surface area contributed by atoms with E-state index in [9.17, 15) is 4.79 Å². The number of amides is 1. The minimum Gasteiger partial charge on any atom is -0.493 e. The molecule has 1 amide bonds. The van der Waals surface area contributed by atoms with Gasteiger partial charge in [0.25, 0.3) is 5.91 Å². The van der Waals surface area contributed by atoms with Crippen LogP contribution in [0.2, 0.25) is 0 Å². The molecule has 2 aliphatic rings. The Labute approximate surface area is 178 Å². The molecule has 0 spiro atoms. The first kappa shape index (κ1) is 21.2. The van der Waals surface area contributed by atoms with Crippen LogP contribution in [0.1, 0.15) is 19.4 Å². The number of ether oxygens (including phenoxy) is 2. The normalized spacial score (nSPS) is 17.4. The number of nitrogens with zero attached hydrogens (tertiary/aromatic N) is 3. The highest BCUT2D eigenvalue weighted by Gasteiger charge is 2.37. The van der Waals surface area contributed by atoms with E-state index in [0.29, 0.717) is 39.9 Å². The van der Waals surface area contributed by atoms with Crippen LogP contribution >= 0.6 is 23.7 Å². The Kier molecular flexibility index (Phi) is 6.81. The van der Waals surface area contributed by atoms with Gasteiger partial charge in [0.05, 0.1) is 24.6 Å². The van der Waals surface area contributed by atoms with Crippen molar-refractivity contribution in [3.63, 3.8) is 0 Å². The molecule has 0 saturated heterocycles. The smallest absolute Gasteiger partial charge is 0.283 e. The number of thioether (sulfide) groups is 1. The van der Waals surface area contributed by atoms with Crippen LogP contribution in [0.25, 0.3) is 6.08 Å². The summed E-state index contributed by atoms with van der Waals surface area (Å²) in [4.78, 5) is 18.3. The fourth-order valence-electron chi connectivity index (χ4n) is 2.54. The molecule has 7 nitrogen and oxygen atoms in total. The van der Waals surface area contributed by atoms with Crippen molar-refractivity contribution < 1.29 is 14.3 Å². The zero-order chi connectivity index (χ0) is 21.0. The molecule has 0 fully saturated rings. The Bertz CT molecular complexity index is 938. The Balaban J connectivity index is 1.88. The predicted molar refractivity (Wildman–Crippen MR) is 121 cm³/mol. The van der Waals surface area contributed by atoms with E-state index < -0.39 is 5.91 Å². The third-order valence-electron chi connectivity index (χ3n) is 3.90. The molecule has 152 valence electrons. The number of methoxy groups -OCH3 is 1. The molecule has 0 aliphatic carbocycles. The quantitative estimate of drug-likeness (QED) is 0.396. The number of carbonyl (C=O) groups excluding carboxylic acids is 1. The second-order valence-electron chi connectivity index (χ2n) is 6.62. The van der Waals surface area contributed by atoms with Crippen LogP contribution in [0.5, 0.6) is 11.5 Å². The van der Waals surface area contributed by atoms with Crippen molar-refractivity contribution in [2.45, 2.75) is 13.8 Å². The number of fused-ring (bicyclic) bond motifs is 1. The minimum atomic E-state index is -0.454. The van der Waals surface area contributed by atoms with Crippen molar-refractivity contribution in [2.24, 2.45) is 15.3 Å². The molecule has 29 heavy (non-hydrogen) atoms. The van der Waals surface area contributed by atoms with Crippen LogP contribution in [0.4, 0.5) is 0 Å². The van der Waals surface area contributed by atoms with E-state index in [1.807, 2.05) is 0 Å². The topological polar surface area (TPSA) is 87.3 Å². The first-order chi connectivity index (χ1) is 13.9. The van der Waals surface area contributed by atoms with E-state index in [4.69, 9.17) is 14.9 Å². The van der Waals surface area contributed by atoms with Crippen molar-refractivity contribution in [1.29, 1.82) is 5.41 Å². The van der Waals surface area contributed by atoms with Crippen LogP contribution in [0, 0.1) is 11.3 Å². The van der Waals surface area contributed by atoms with Gasteiger partial charge in [-0.3, -0.25) is 10.2 Å². The number of carbonyl (C=O) groups is 1. The lowest BCUT2D eigenvalue weighted by Crippen LogP contribution is -2.41. The zero-order valence-corrected chi connectivity index (χ0v) is 18.1. The fraction of sp³-hybridized carbons (Fsp3) is 0.300. The first-order valence-corrected chi connectivity index (χ1v) is 10.7. The number of hydrogen-bond acceptors (Lipinski definition) is 7. The fourth-order valence-corrected chi connectivity index (χ4v) is 4.34. The van der Waals surface area contributed by atoms with Crippen molar-refractivity contribution in [2.75, 3.05) is 19.5 Å². The molecular weight excluding hydrogens is 408 g/mol. The maximum absolute atomic E-state index is 12.5. The largest absolute Gasteiger partial charge is 0.493 e. The van der Waals surface area contributed by atoms with Gasteiger partial charge in [-0.25, -0.2) is 4.90 Å². The molecule has 1 aromatic rings. The molecule has 9 heteroatoms. The van der Waals surface area contributed by atoms with Crippen LogP contribution in [-0.4, -0.2) is 46.4 Å². The second-order valence-corrected chi connectivity index (χ2v) is 8.34. The molecule has 2 aliphatic heterocycles. The van der Waals surface area contributed by atoms with E-state index in [0.717, 1.165) is 17.7 Å². The second kappa shape index (κ2) is 9.32. The average molecular weight is 431 g/mol. The average Bonchev–Trinajstić information content (AvgIpc) is 3.11. The van der Waals surface area contributed by atoms with E-state index in [1.165, 1.54) is 0 Å². The number of nitrogens with one attached hydrogen (secondary N) is 1. The Morgan fingerprint density at radius 3 is 2.86 bits per heavy atom. The van der Waals surface area contributed by atoms with E-state index >= 15 is 0 Å². The Hall–Kier alpha value is -2.52. The molecular formula is C20H22N4O3S2. The maximum atomic E-state index is 12.5. The lowest BCUT2D eigenvalue weighted by Gasteiger charge is -2.24. The SMILES string of the molecule is C=CCOc1ccc(/C=C2/C(=N)N3C(SCC(C)C)=NSC3=NC2=O)cc1OC. The summed E-state index contributed by atoms with van der Waals surface area (Å²) in [6.07, 6.45) is 3.29. The minimum absolute atomic E-state index is 0.0750. The summed E-state index contributed by atoms with van der Waals surface area (Å²) in [6.45, 7) is 8.24. The van der Waals surface area contributed by atoms with Gasteiger partial charge in [-0.1, -0.05) is 44.3 Å². The van der Waals surface area contributed by atoms with Crippen LogP contribution in [0.3, 0.4) is 0 Å². The summed E-state index contributed by atoms with van der Waals surface area (Å²) in [5.41, 5.74) is 0.913. The summed E-state index contributed by atoms with van der Waals surface area (Å²) in [5.74, 6) is 2.09. The third-order valence-corrected chi connectivity index (χ3v) is 6.08. The van der Waals surface area contributed by atoms with Gasteiger partial charge in [0, 0.05) is 5.75 Å². The van der Waals surface area contributed by atoms with Gasteiger partial charge < -0.3 is 9.47 Å². The third kappa shape index (κ3) is 4.73. The highest BCUT2D eigenvalue weighted by Crippen LogP contribution is 2.33. The molecule has 0 bridgehead atoms. The van der Waals surface area contributed by atoms with E-state index in [-0.39, 0.29) is 11.4 Å². The Morgan fingerprint density at radius 1 is 1.38 bits per heavy atom. The van der Waals surface area contributed by atoms with Gasteiger partial charge in [0.15, 0.2) is 16.7 Å². The van der Waals surface area contributed by atoms with Crippen LogP contribution < -0.4 is 9.47 Å². The number of rotatable bonds is 7. The van der Waals surface area contributed by atoms with E-state index in [2.05, 4.69) is 29.8 Å². The summed E-state index contributed by atoms with van der Waals surface area (Å²) >= 11 is 2.68. The molecule has 1 N–H and O–H groups in total. The zero-order valence-electron chi connectivity index (χ0n) is 16.5. The van der Waals surface area contributed by atoms with Gasteiger partial charge in [-0.15, -0.1) is 0 Å². The summed E-state index contributed by atoms with van der Waals surface area (Å²) in [7, 11) is 1.55. The van der Waals surface area contributed by atoms with Crippen molar-refractivity contribution in [1.82, 2.24) is 4.90 Å². The summed E-state index contributed by atoms with van der Waals surface area (Å²) in [5, 5.41) is 9.69. The molecule has 1 aromatic carbocycles. The summed E-state index contributed by atoms with van der Waals surface area (Å²) in [6, 6.07) is 5.32. The monoisotopic (exact) mass is 430 g/mol. The Morgan fingerprint density at radius 2 is 2.17 bits per heavy atom. The first-order valence-electron chi connectivity index (χ1n) is 8.98. The molecule has 3 rings (SSSR count). The highest BCUT2D eigenvalue weighted by atomic mass is 32.2. The predicted octanol–water partition coefficient (Wildman–Crippen LogP) is 4.23. The van der Waals surface area contributed by atoms with Crippen molar-refractivity contribution >= 4 is 51.9 Å². The standard InChI is InChI=1S/C20H22N4O3S2/c1-5-8-27-15-7-6-13(10-16(15)26-4)9-14-17(21)24-19(22-18(14)25)29-23-20(24)28-11-12(2)3/h5-7,9-10,12,21H,1,8,11H2,2-4H3/b14-9-,21-17?. The van der Waals surface area contributed by atoms with Crippen LogP contribution in [-0.2, 0) is 4.79 Å². The lowest BCUT2D eigenvalue weighted by atomic mass is 10.1. The van der Waals surface area contributed by atoms with Gasteiger partial charge >= 0.3 is 0 Å². The molecule has 0 atom stereocenters. The van der Waals surface area contributed by atoms with Gasteiger partial charge in [0.2, 0.25) is 5.17 Å². The number of amidine groups is 3. The molecule has 0 saturated carbocycles. The maximum Gasteiger partial charge on any atom is 0.283 e. The van der Waals surface area contributed by atoms with Crippen molar-refractivity contribution in [3.05, 3.63) is 42.0 Å². The number of benzene rings is 1. The van der Waals surface area contributed by atoms with Gasteiger partial charge in [-0.2, -0.15) is 9.39 Å². The van der Waals surface area contributed by atoms with Gasteiger partial charge in [-0.05, 0) is 29.7 Å². The van der Waals surface area contributed by atoms with Crippen LogP contribution in [0.15, 0.2) is 45.8 Å². The number of aliphatic imine (C=N–C) groups is 1. The highest BCUT2D eigenvalue weighted by molar-refractivity contribution is 8.19. The molecule has 0 aromatic heterocycles. The molecule has 0 unspecified atom stereocenters. The van der Waals surface area contributed by atoms with Gasteiger partial charge in [0.1, 0.15) is 12.4 Å². The number of hydrogen-bond donors (Lipinski definition) is 1. The van der Waals surface area contributed by atoms with E-state index in [1.54, 1.807) is 54.1 Å². The molecule has 2 heterocycles. The summed E-state index contributed by atoms with van der Waals surface area (Å²) < 4.78 is 15.3. The lowest BCUT2D eigenvalue weighted by molar-refractivity contribution is -0.114. The molecule has 0 radical (unpaired) electrons. The van der Waals surface area contributed by atoms with Crippen molar-refractivity contribution in [3.8, 4) is 11.5 Å².